The van der Waals surface area contributed by atoms with Crippen LogP contribution in [0.25, 0.3) is 0 Å². The van der Waals surface area contributed by atoms with E-state index in [9.17, 15) is 9.90 Å². The van der Waals surface area contributed by atoms with Crippen LogP contribution in [0.3, 0.4) is 0 Å². The van der Waals surface area contributed by atoms with E-state index in [2.05, 4.69) is 10.6 Å². The minimum atomic E-state index is -0.461. The molecule has 1 unspecified atom stereocenters. The molecular weight excluding hydrogens is 252 g/mol. The van der Waals surface area contributed by atoms with Crippen LogP contribution < -0.4 is 10.6 Å². The van der Waals surface area contributed by atoms with Gasteiger partial charge in [-0.05, 0) is 62.2 Å². The predicted molar refractivity (Wildman–Crippen MR) is 78.3 cm³/mol. The molecule has 3 N–H and O–H groups in total. The van der Waals surface area contributed by atoms with Gasteiger partial charge in [-0.3, -0.25) is 0 Å². The summed E-state index contributed by atoms with van der Waals surface area (Å²) in [5, 5.41) is 15.9. The minimum absolute atomic E-state index is 0.0572. The maximum Gasteiger partial charge on any atom is 0.315 e. The molecule has 4 bridgehead atoms. The van der Waals surface area contributed by atoms with E-state index >= 15 is 0 Å². The Bertz CT molecular complexity index is 345. The first-order chi connectivity index (χ1) is 9.46. The normalized spacial score (nSPS) is 39.9. The number of aliphatic hydroxyl groups excluding tert-OH is 1. The Kier molecular flexibility index (Phi) is 3.69. The number of nitrogens with one attached hydrogen (secondary N) is 2. The van der Waals surface area contributed by atoms with Crippen molar-refractivity contribution in [3.05, 3.63) is 0 Å². The summed E-state index contributed by atoms with van der Waals surface area (Å²) in [5.74, 6) is 2.68. The Balaban J connectivity index is 1.54. The largest absolute Gasteiger partial charge is 0.391 e. The van der Waals surface area contributed by atoms with Crippen molar-refractivity contribution in [1.29, 1.82) is 0 Å². The van der Waals surface area contributed by atoms with E-state index < -0.39 is 6.10 Å². The summed E-state index contributed by atoms with van der Waals surface area (Å²) < 4.78 is 0. The zero-order chi connectivity index (χ0) is 14.3. The molecule has 20 heavy (non-hydrogen) atoms. The van der Waals surface area contributed by atoms with Crippen LogP contribution in [0.1, 0.15) is 52.4 Å². The highest BCUT2D eigenvalue weighted by molar-refractivity contribution is 5.75. The van der Waals surface area contributed by atoms with Crippen molar-refractivity contribution in [2.45, 2.75) is 64.0 Å². The van der Waals surface area contributed by atoms with Crippen LogP contribution in [0.2, 0.25) is 0 Å². The van der Waals surface area contributed by atoms with E-state index in [0.717, 1.165) is 17.8 Å². The first-order valence-electron chi connectivity index (χ1n) is 8.20. The first-order valence-corrected chi connectivity index (χ1v) is 8.20. The van der Waals surface area contributed by atoms with Crippen LogP contribution in [0, 0.1) is 23.7 Å². The first kappa shape index (κ1) is 14.2. The Morgan fingerprint density at radius 3 is 2.10 bits per heavy atom. The number of amides is 2. The van der Waals surface area contributed by atoms with Gasteiger partial charge in [-0.1, -0.05) is 13.8 Å². The zero-order valence-electron chi connectivity index (χ0n) is 12.7. The molecule has 1 atom stereocenters. The molecule has 114 valence electrons. The summed E-state index contributed by atoms with van der Waals surface area (Å²) in [6.45, 7) is 4.27. The maximum absolute atomic E-state index is 12.1. The van der Waals surface area contributed by atoms with Crippen molar-refractivity contribution in [3.63, 3.8) is 0 Å². The fourth-order valence-electron chi connectivity index (χ4n) is 4.98. The van der Waals surface area contributed by atoms with Crippen molar-refractivity contribution in [1.82, 2.24) is 10.6 Å². The molecule has 0 radical (unpaired) electrons. The molecule has 0 aromatic carbocycles. The second kappa shape index (κ2) is 5.21. The third kappa shape index (κ3) is 2.80. The average molecular weight is 280 g/mol. The van der Waals surface area contributed by atoms with Gasteiger partial charge in [0.25, 0.3) is 0 Å². The summed E-state index contributed by atoms with van der Waals surface area (Å²) in [4.78, 5) is 12.1. The molecule has 4 heteroatoms. The SMILES string of the molecule is CC(C)C(O)CNC(=O)NC12CC3CC(CC(C3)C1)C2. The number of rotatable bonds is 4. The average Bonchev–Trinajstić information content (AvgIpc) is 2.33. The van der Waals surface area contributed by atoms with Gasteiger partial charge in [-0.2, -0.15) is 0 Å². The van der Waals surface area contributed by atoms with E-state index in [1.807, 2.05) is 13.8 Å². The monoisotopic (exact) mass is 280 g/mol. The quantitative estimate of drug-likeness (QED) is 0.740. The lowest BCUT2D eigenvalue weighted by Crippen LogP contribution is -2.61. The standard InChI is InChI=1S/C16H28N2O2/c1-10(2)14(19)9-17-15(20)18-16-6-11-3-12(7-16)5-13(4-11)8-16/h10-14,19H,3-9H2,1-2H3,(H2,17,18,20). The summed E-state index contributed by atoms with van der Waals surface area (Å²) in [7, 11) is 0. The third-order valence-electron chi connectivity index (χ3n) is 5.66. The van der Waals surface area contributed by atoms with E-state index in [1.165, 1.54) is 38.5 Å². The van der Waals surface area contributed by atoms with Gasteiger partial charge in [0.15, 0.2) is 0 Å². The van der Waals surface area contributed by atoms with Crippen LogP contribution in [0.15, 0.2) is 0 Å². The van der Waals surface area contributed by atoms with Gasteiger partial charge < -0.3 is 15.7 Å². The molecule has 4 saturated carbocycles. The van der Waals surface area contributed by atoms with Gasteiger partial charge >= 0.3 is 6.03 Å². The van der Waals surface area contributed by atoms with Crippen molar-refractivity contribution in [2.24, 2.45) is 23.7 Å². The van der Waals surface area contributed by atoms with Gasteiger partial charge in [0.1, 0.15) is 0 Å². The highest BCUT2D eigenvalue weighted by Gasteiger charge is 2.51. The smallest absolute Gasteiger partial charge is 0.315 e. The van der Waals surface area contributed by atoms with E-state index in [0.29, 0.717) is 6.54 Å². The number of aliphatic hydroxyl groups is 1. The molecule has 4 rings (SSSR count). The Morgan fingerprint density at radius 2 is 1.65 bits per heavy atom. The highest BCUT2D eigenvalue weighted by Crippen LogP contribution is 2.55. The minimum Gasteiger partial charge on any atom is -0.391 e. The van der Waals surface area contributed by atoms with E-state index in [-0.39, 0.29) is 17.5 Å². The van der Waals surface area contributed by atoms with Gasteiger partial charge in [-0.15, -0.1) is 0 Å². The molecule has 4 aliphatic rings. The molecule has 0 aromatic heterocycles. The van der Waals surface area contributed by atoms with Gasteiger partial charge in [-0.25, -0.2) is 4.79 Å². The maximum atomic E-state index is 12.1. The lowest BCUT2D eigenvalue weighted by atomic mass is 9.53. The van der Waals surface area contributed by atoms with Gasteiger partial charge in [0.2, 0.25) is 0 Å². The number of carbonyl (C=O) groups is 1. The van der Waals surface area contributed by atoms with Crippen LogP contribution in [-0.4, -0.2) is 29.3 Å². The van der Waals surface area contributed by atoms with Crippen LogP contribution in [0.4, 0.5) is 4.79 Å². The fraction of sp³-hybridized carbons (Fsp3) is 0.938. The Hall–Kier alpha value is -0.770. The van der Waals surface area contributed by atoms with Crippen molar-refractivity contribution in [3.8, 4) is 0 Å². The topological polar surface area (TPSA) is 61.4 Å². The Morgan fingerprint density at radius 1 is 1.15 bits per heavy atom. The van der Waals surface area contributed by atoms with Crippen molar-refractivity contribution in [2.75, 3.05) is 6.54 Å². The molecule has 0 saturated heterocycles. The number of hydrogen-bond acceptors (Lipinski definition) is 2. The molecular formula is C16H28N2O2. The van der Waals surface area contributed by atoms with Crippen LogP contribution in [-0.2, 0) is 0 Å². The molecule has 0 aromatic rings. The summed E-state index contributed by atoms with van der Waals surface area (Å²) >= 11 is 0. The zero-order valence-corrected chi connectivity index (χ0v) is 12.7. The molecule has 4 nitrogen and oxygen atoms in total. The van der Waals surface area contributed by atoms with Crippen molar-refractivity contribution >= 4 is 6.03 Å². The molecule has 2 amide bonds. The summed E-state index contributed by atoms with van der Waals surface area (Å²) in [6.07, 6.45) is 7.19. The second-order valence-corrected chi connectivity index (χ2v) is 7.84. The number of urea groups is 1. The molecule has 4 fully saturated rings. The van der Waals surface area contributed by atoms with E-state index in [4.69, 9.17) is 0 Å². The van der Waals surface area contributed by atoms with Crippen LogP contribution >= 0.6 is 0 Å². The Labute approximate surface area is 121 Å². The lowest BCUT2D eigenvalue weighted by Gasteiger charge is -2.56. The predicted octanol–water partition coefficient (Wildman–Crippen LogP) is 2.27. The van der Waals surface area contributed by atoms with Gasteiger partial charge in [0.05, 0.1) is 6.10 Å². The summed E-state index contributed by atoms with van der Waals surface area (Å²) in [5.41, 5.74) is 0.0572. The fourth-order valence-corrected chi connectivity index (χ4v) is 4.98. The molecule has 4 aliphatic carbocycles. The van der Waals surface area contributed by atoms with Crippen molar-refractivity contribution < 1.29 is 9.90 Å². The second-order valence-electron chi connectivity index (χ2n) is 7.84. The highest BCUT2D eigenvalue weighted by atomic mass is 16.3. The number of carbonyl (C=O) groups excluding carboxylic acids is 1. The van der Waals surface area contributed by atoms with E-state index in [1.54, 1.807) is 0 Å². The molecule has 0 aliphatic heterocycles. The third-order valence-corrected chi connectivity index (χ3v) is 5.66. The number of hydrogen-bond donors (Lipinski definition) is 3. The van der Waals surface area contributed by atoms with Gasteiger partial charge in [0, 0.05) is 12.1 Å². The molecule has 0 spiro atoms. The summed E-state index contributed by atoms with van der Waals surface area (Å²) in [6, 6.07) is -0.0911. The lowest BCUT2D eigenvalue weighted by molar-refractivity contribution is -0.0137. The van der Waals surface area contributed by atoms with Crippen LogP contribution in [0.5, 0.6) is 0 Å². The molecule has 0 heterocycles.